The van der Waals surface area contributed by atoms with Crippen LogP contribution in [0.4, 0.5) is 0 Å². The van der Waals surface area contributed by atoms with Gasteiger partial charge in [-0.2, -0.15) is 0 Å². The number of likely N-dealkylation sites (tertiary alicyclic amines) is 1. The van der Waals surface area contributed by atoms with Crippen molar-refractivity contribution in [3.63, 3.8) is 0 Å². The third kappa shape index (κ3) is 4.26. The molecule has 3 aromatic rings. The van der Waals surface area contributed by atoms with Crippen molar-refractivity contribution in [3.05, 3.63) is 58.1 Å². The van der Waals surface area contributed by atoms with Crippen molar-refractivity contribution in [1.82, 2.24) is 19.9 Å². The topological polar surface area (TPSA) is 68.2 Å². The summed E-state index contributed by atoms with van der Waals surface area (Å²) in [6.07, 6.45) is 4.56. The number of piperidine rings is 1. The summed E-state index contributed by atoms with van der Waals surface area (Å²) >= 11 is 7.16. The van der Waals surface area contributed by atoms with E-state index in [-0.39, 0.29) is 18.0 Å². The number of rotatable bonds is 4. The second kappa shape index (κ2) is 8.02. The molecule has 0 radical (unpaired) electrons. The number of ether oxygens (including phenoxy) is 1. The van der Waals surface area contributed by atoms with E-state index in [1.165, 1.54) is 23.7 Å². The van der Waals surface area contributed by atoms with E-state index in [0.29, 0.717) is 23.1 Å². The van der Waals surface area contributed by atoms with Gasteiger partial charge in [-0.25, -0.2) is 15.0 Å². The van der Waals surface area contributed by atoms with Crippen LogP contribution in [0.15, 0.2) is 48.1 Å². The zero-order chi connectivity index (χ0) is 18.6. The second-order valence-corrected chi connectivity index (χ2v) is 7.52. The fourth-order valence-electron chi connectivity index (χ4n) is 2.98. The third-order valence-corrected chi connectivity index (χ3v) is 5.32. The number of nitrogens with zero attached hydrogens (tertiary/aromatic N) is 4. The number of amides is 1. The monoisotopic (exact) mass is 400 g/mol. The molecule has 27 heavy (non-hydrogen) atoms. The number of halogens is 1. The molecule has 0 spiro atoms. The number of thiazole rings is 1. The molecule has 138 valence electrons. The molecule has 0 saturated carbocycles. The Morgan fingerprint density at radius 3 is 2.78 bits per heavy atom. The predicted octanol–water partition coefficient (Wildman–Crippen LogP) is 3.94. The van der Waals surface area contributed by atoms with Gasteiger partial charge in [-0.05, 0) is 12.8 Å². The molecule has 1 aromatic carbocycles. The summed E-state index contributed by atoms with van der Waals surface area (Å²) in [4.78, 5) is 27.3. The largest absolute Gasteiger partial charge is 0.458 e. The van der Waals surface area contributed by atoms with Gasteiger partial charge < -0.3 is 9.64 Å². The minimum absolute atomic E-state index is 0.0625. The van der Waals surface area contributed by atoms with Crippen LogP contribution >= 0.6 is 22.9 Å². The minimum atomic E-state index is -0.141. The number of hydrogen-bond donors (Lipinski definition) is 0. The molecule has 1 amide bonds. The molecule has 1 aliphatic rings. The maximum absolute atomic E-state index is 12.9. The zero-order valence-corrected chi connectivity index (χ0v) is 16.0. The first-order valence-electron chi connectivity index (χ1n) is 8.63. The molecule has 6 nitrogen and oxygen atoms in total. The molecule has 1 atom stereocenters. The van der Waals surface area contributed by atoms with Gasteiger partial charge in [0.15, 0.2) is 5.01 Å². The van der Waals surface area contributed by atoms with Gasteiger partial charge in [0.05, 0.1) is 29.7 Å². The maximum Gasteiger partial charge on any atom is 0.316 e. The fourth-order valence-corrected chi connectivity index (χ4v) is 3.87. The van der Waals surface area contributed by atoms with Crippen molar-refractivity contribution in [3.8, 4) is 17.3 Å². The zero-order valence-electron chi connectivity index (χ0n) is 14.4. The van der Waals surface area contributed by atoms with E-state index in [1.807, 2.05) is 35.7 Å². The van der Waals surface area contributed by atoms with Crippen LogP contribution in [-0.2, 0) is 0 Å². The van der Waals surface area contributed by atoms with Crippen LogP contribution in [0, 0.1) is 0 Å². The summed E-state index contributed by atoms with van der Waals surface area (Å²) in [5, 5.41) is 2.88. The Kier molecular flexibility index (Phi) is 5.31. The number of carbonyl (C=O) groups is 1. The molecule has 0 bridgehead atoms. The lowest BCUT2D eigenvalue weighted by Crippen LogP contribution is -2.44. The summed E-state index contributed by atoms with van der Waals surface area (Å²) in [6, 6.07) is 10.1. The smallest absolute Gasteiger partial charge is 0.316 e. The van der Waals surface area contributed by atoms with Crippen molar-refractivity contribution in [2.24, 2.45) is 0 Å². The van der Waals surface area contributed by atoms with Crippen molar-refractivity contribution in [2.45, 2.75) is 18.9 Å². The van der Waals surface area contributed by atoms with Gasteiger partial charge in [0.1, 0.15) is 6.10 Å². The van der Waals surface area contributed by atoms with Crippen LogP contribution in [0.2, 0.25) is 5.02 Å². The van der Waals surface area contributed by atoms with E-state index in [2.05, 4.69) is 15.0 Å². The molecule has 3 heterocycles. The van der Waals surface area contributed by atoms with E-state index >= 15 is 0 Å². The molecule has 8 heteroatoms. The van der Waals surface area contributed by atoms with Crippen LogP contribution in [0.3, 0.4) is 0 Å². The molecule has 0 N–H and O–H groups in total. The van der Waals surface area contributed by atoms with Gasteiger partial charge >= 0.3 is 6.01 Å². The van der Waals surface area contributed by atoms with Crippen molar-refractivity contribution in [1.29, 1.82) is 0 Å². The highest BCUT2D eigenvalue weighted by molar-refractivity contribution is 7.12. The predicted molar refractivity (Wildman–Crippen MR) is 104 cm³/mol. The molecule has 1 saturated heterocycles. The Balaban J connectivity index is 1.43. The number of benzene rings is 1. The normalized spacial score (nSPS) is 16.9. The lowest BCUT2D eigenvalue weighted by atomic mass is 10.1. The molecule has 1 aliphatic heterocycles. The van der Waals surface area contributed by atoms with E-state index in [0.717, 1.165) is 24.1 Å². The van der Waals surface area contributed by atoms with E-state index in [9.17, 15) is 4.79 Å². The molecule has 2 aromatic heterocycles. The molecule has 0 aliphatic carbocycles. The van der Waals surface area contributed by atoms with Gasteiger partial charge in [-0.3, -0.25) is 4.79 Å². The maximum atomic E-state index is 12.9. The summed E-state index contributed by atoms with van der Waals surface area (Å²) in [7, 11) is 0. The summed E-state index contributed by atoms with van der Waals surface area (Å²) in [5.41, 5.74) is 1.83. The molecule has 4 rings (SSSR count). The SMILES string of the molecule is O=C(c1nc(-c2ccccc2)cs1)N1CCCC(Oc2ncc(Cl)cn2)C1. The average Bonchev–Trinajstić information content (AvgIpc) is 3.20. The van der Waals surface area contributed by atoms with Gasteiger partial charge in [0, 0.05) is 17.5 Å². The highest BCUT2D eigenvalue weighted by Crippen LogP contribution is 2.24. The van der Waals surface area contributed by atoms with Gasteiger partial charge in [0.2, 0.25) is 0 Å². The Labute approximate surface area is 165 Å². The van der Waals surface area contributed by atoms with Crippen LogP contribution in [-0.4, -0.2) is 45.0 Å². The molecule has 1 unspecified atom stereocenters. The first-order chi connectivity index (χ1) is 13.2. The Hall–Kier alpha value is -2.51. The van der Waals surface area contributed by atoms with E-state index < -0.39 is 0 Å². The fraction of sp³-hybridized carbons (Fsp3) is 0.263. The highest BCUT2D eigenvalue weighted by atomic mass is 35.5. The van der Waals surface area contributed by atoms with Crippen molar-refractivity contribution in [2.75, 3.05) is 13.1 Å². The van der Waals surface area contributed by atoms with Crippen molar-refractivity contribution >= 4 is 28.8 Å². The summed E-state index contributed by atoms with van der Waals surface area (Å²) in [6.45, 7) is 1.19. The first kappa shape index (κ1) is 17.9. The van der Waals surface area contributed by atoms with Crippen molar-refractivity contribution < 1.29 is 9.53 Å². The first-order valence-corrected chi connectivity index (χ1v) is 9.89. The highest BCUT2D eigenvalue weighted by Gasteiger charge is 2.28. The Morgan fingerprint density at radius 1 is 1.22 bits per heavy atom. The second-order valence-electron chi connectivity index (χ2n) is 6.22. The standard InChI is InChI=1S/C19H17ClN4O2S/c20-14-9-21-19(22-10-14)26-15-7-4-8-24(11-15)18(25)17-23-16(12-27-17)13-5-2-1-3-6-13/h1-3,5-6,9-10,12,15H,4,7-8,11H2. The van der Waals surface area contributed by atoms with Gasteiger partial charge in [-0.1, -0.05) is 41.9 Å². The van der Waals surface area contributed by atoms with E-state index in [4.69, 9.17) is 16.3 Å². The molecular formula is C19H17ClN4O2S. The third-order valence-electron chi connectivity index (χ3n) is 4.29. The van der Waals surface area contributed by atoms with E-state index in [1.54, 1.807) is 4.90 Å². The average molecular weight is 401 g/mol. The van der Waals surface area contributed by atoms with Crippen LogP contribution in [0.25, 0.3) is 11.3 Å². The minimum Gasteiger partial charge on any atom is -0.458 e. The summed E-state index contributed by atoms with van der Waals surface area (Å²) < 4.78 is 5.81. The van der Waals surface area contributed by atoms with Crippen LogP contribution < -0.4 is 4.74 Å². The van der Waals surface area contributed by atoms with Gasteiger partial charge in [0.25, 0.3) is 5.91 Å². The molecular weight excluding hydrogens is 384 g/mol. The molecule has 1 fully saturated rings. The Morgan fingerprint density at radius 2 is 2.00 bits per heavy atom. The number of aromatic nitrogens is 3. The Bertz CT molecular complexity index is 917. The van der Waals surface area contributed by atoms with Crippen LogP contribution in [0.5, 0.6) is 6.01 Å². The van der Waals surface area contributed by atoms with Crippen LogP contribution in [0.1, 0.15) is 22.6 Å². The summed E-state index contributed by atoms with van der Waals surface area (Å²) in [5.74, 6) is -0.0625. The lowest BCUT2D eigenvalue weighted by Gasteiger charge is -2.31. The quantitative estimate of drug-likeness (QED) is 0.663. The lowest BCUT2D eigenvalue weighted by molar-refractivity contribution is 0.0515. The van der Waals surface area contributed by atoms with Gasteiger partial charge in [-0.15, -0.1) is 11.3 Å². The number of carbonyl (C=O) groups excluding carboxylic acids is 1. The number of hydrogen-bond acceptors (Lipinski definition) is 6.